The Balaban J connectivity index is 1.69. The molecule has 3 N–H and O–H groups in total. The van der Waals surface area contributed by atoms with Gasteiger partial charge < -0.3 is 16.0 Å². The number of hydrogen-bond acceptors (Lipinski definition) is 5. The highest BCUT2D eigenvalue weighted by atomic mass is 16.2. The zero-order valence-electron chi connectivity index (χ0n) is 12.7. The van der Waals surface area contributed by atoms with Crippen LogP contribution in [0, 0.1) is 6.92 Å². The third-order valence-electron chi connectivity index (χ3n) is 4.38. The average molecular weight is 295 g/mol. The number of rotatable bonds is 1. The van der Waals surface area contributed by atoms with Crippen molar-refractivity contribution in [2.24, 2.45) is 0 Å². The smallest absolute Gasteiger partial charge is 0.234 e. The van der Waals surface area contributed by atoms with Crippen molar-refractivity contribution < 1.29 is 4.79 Å². The van der Waals surface area contributed by atoms with Crippen LogP contribution in [-0.4, -0.2) is 15.9 Å². The van der Waals surface area contributed by atoms with Gasteiger partial charge in [-0.25, -0.2) is 9.97 Å². The summed E-state index contributed by atoms with van der Waals surface area (Å²) in [7, 11) is 0. The molecule has 0 saturated carbocycles. The third-order valence-corrected chi connectivity index (χ3v) is 4.38. The van der Waals surface area contributed by atoms with Gasteiger partial charge in [-0.05, 0) is 38.5 Å². The zero-order chi connectivity index (χ0) is 15.5. The number of nitrogens with zero attached hydrogens (tertiary/aromatic N) is 2. The van der Waals surface area contributed by atoms with E-state index >= 15 is 0 Å². The zero-order valence-corrected chi connectivity index (χ0v) is 12.7. The molecular formula is C16H17N5O. The summed E-state index contributed by atoms with van der Waals surface area (Å²) in [4.78, 5) is 20.5. The van der Waals surface area contributed by atoms with Crippen molar-refractivity contribution in [3.05, 3.63) is 41.5 Å². The lowest BCUT2D eigenvalue weighted by Crippen LogP contribution is -2.26. The summed E-state index contributed by atoms with van der Waals surface area (Å²) in [6.45, 7) is 5.74. The van der Waals surface area contributed by atoms with E-state index in [1.165, 1.54) is 0 Å². The third kappa shape index (κ3) is 1.76. The second-order valence-electron chi connectivity index (χ2n) is 6.31. The molecule has 0 saturated heterocycles. The van der Waals surface area contributed by atoms with Gasteiger partial charge in [-0.3, -0.25) is 4.79 Å². The summed E-state index contributed by atoms with van der Waals surface area (Å²) >= 11 is 0. The highest BCUT2D eigenvalue weighted by Gasteiger charge is 2.40. The van der Waals surface area contributed by atoms with Crippen molar-refractivity contribution in [3.8, 4) is 0 Å². The number of anilines is 3. The van der Waals surface area contributed by atoms with E-state index in [0.717, 1.165) is 34.0 Å². The fraction of sp³-hybridized carbons (Fsp3) is 0.312. The molecule has 1 aromatic heterocycles. The molecule has 0 radical (unpaired) electrons. The van der Waals surface area contributed by atoms with Gasteiger partial charge in [0, 0.05) is 23.6 Å². The second kappa shape index (κ2) is 4.19. The Morgan fingerprint density at radius 1 is 1.05 bits per heavy atom. The quantitative estimate of drug-likeness (QED) is 0.753. The SMILES string of the molecule is Cc1ncc(C2Nc3cc4c(cc3N2)C(C)(C)C(=O)N4)cn1. The molecule has 22 heavy (non-hydrogen) atoms. The molecule has 0 aliphatic carbocycles. The van der Waals surface area contributed by atoms with Crippen LogP contribution in [0.3, 0.4) is 0 Å². The topological polar surface area (TPSA) is 78.9 Å². The Bertz CT molecular complexity index is 782. The lowest BCUT2D eigenvalue weighted by atomic mass is 9.86. The van der Waals surface area contributed by atoms with E-state index in [0.29, 0.717) is 0 Å². The van der Waals surface area contributed by atoms with Crippen LogP contribution in [-0.2, 0) is 10.2 Å². The first kappa shape index (κ1) is 13.1. The number of benzene rings is 1. The molecule has 1 atom stereocenters. The second-order valence-corrected chi connectivity index (χ2v) is 6.31. The van der Waals surface area contributed by atoms with E-state index in [-0.39, 0.29) is 12.1 Å². The number of carbonyl (C=O) groups is 1. The molecule has 1 amide bonds. The van der Waals surface area contributed by atoms with Crippen molar-refractivity contribution in [2.75, 3.05) is 16.0 Å². The van der Waals surface area contributed by atoms with E-state index in [4.69, 9.17) is 0 Å². The Morgan fingerprint density at radius 3 is 2.36 bits per heavy atom. The molecule has 6 heteroatoms. The molecular weight excluding hydrogens is 278 g/mol. The maximum Gasteiger partial charge on any atom is 0.234 e. The molecule has 0 fully saturated rings. The first-order chi connectivity index (χ1) is 10.4. The van der Waals surface area contributed by atoms with Gasteiger partial charge in [-0.15, -0.1) is 0 Å². The normalized spacial score (nSPS) is 20.7. The van der Waals surface area contributed by atoms with Gasteiger partial charge >= 0.3 is 0 Å². The van der Waals surface area contributed by atoms with Gasteiger partial charge in [0.1, 0.15) is 12.0 Å². The van der Waals surface area contributed by atoms with E-state index in [2.05, 4.69) is 25.9 Å². The van der Waals surface area contributed by atoms with Crippen molar-refractivity contribution >= 4 is 23.0 Å². The molecule has 2 aliphatic rings. The average Bonchev–Trinajstić information content (AvgIpc) is 2.98. The molecule has 4 rings (SSSR count). The van der Waals surface area contributed by atoms with Gasteiger partial charge in [0.2, 0.25) is 5.91 Å². The van der Waals surface area contributed by atoms with E-state index in [1.54, 1.807) is 0 Å². The van der Waals surface area contributed by atoms with Gasteiger partial charge in [0.15, 0.2) is 0 Å². The number of aromatic nitrogens is 2. The van der Waals surface area contributed by atoms with Crippen LogP contribution in [0.4, 0.5) is 17.1 Å². The van der Waals surface area contributed by atoms with Gasteiger partial charge in [-0.2, -0.15) is 0 Å². The number of hydrogen-bond donors (Lipinski definition) is 3. The number of aryl methyl sites for hydroxylation is 1. The molecule has 0 spiro atoms. The highest BCUT2D eigenvalue weighted by Crippen LogP contribution is 2.45. The number of fused-ring (bicyclic) bond motifs is 2. The van der Waals surface area contributed by atoms with E-state index in [1.807, 2.05) is 45.3 Å². The van der Waals surface area contributed by atoms with Crippen molar-refractivity contribution in [1.29, 1.82) is 0 Å². The predicted molar refractivity (Wildman–Crippen MR) is 84.9 cm³/mol. The lowest BCUT2D eigenvalue weighted by Gasteiger charge is -2.15. The van der Waals surface area contributed by atoms with E-state index < -0.39 is 5.41 Å². The van der Waals surface area contributed by atoms with Crippen LogP contribution in [0.25, 0.3) is 0 Å². The van der Waals surface area contributed by atoms with Crippen LogP contribution in [0.5, 0.6) is 0 Å². The maximum atomic E-state index is 12.0. The number of amides is 1. The minimum atomic E-state index is -0.503. The van der Waals surface area contributed by atoms with Crippen molar-refractivity contribution in [1.82, 2.24) is 9.97 Å². The number of carbonyl (C=O) groups excluding carboxylic acids is 1. The van der Waals surface area contributed by atoms with Crippen LogP contribution in [0.2, 0.25) is 0 Å². The van der Waals surface area contributed by atoms with Crippen LogP contribution >= 0.6 is 0 Å². The molecule has 1 unspecified atom stereocenters. The summed E-state index contributed by atoms with van der Waals surface area (Å²) in [6.07, 6.45) is 3.58. The summed E-state index contributed by atoms with van der Waals surface area (Å²) in [5, 5.41) is 9.77. The standard InChI is InChI=1S/C16H17N5O/c1-8-17-6-9(7-18-8)14-19-12-4-10-11(5-13(12)20-14)21-15(22)16(10,2)3/h4-7,14,19-20H,1-3H3,(H,21,22). The van der Waals surface area contributed by atoms with Gasteiger partial charge in [0.05, 0.1) is 16.8 Å². The molecule has 3 heterocycles. The fourth-order valence-electron chi connectivity index (χ4n) is 2.93. The minimum Gasteiger partial charge on any atom is -0.360 e. The Kier molecular flexibility index (Phi) is 2.49. The summed E-state index contributed by atoms with van der Waals surface area (Å²) in [6, 6.07) is 4.03. The summed E-state index contributed by atoms with van der Waals surface area (Å²) < 4.78 is 0. The predicted octanol–water partition coefficient (Wildman–Crippen LogP) is 2.55. The first-order valence-corrected chi connectivity index (χ1v) is 7.27. The maximum absolute atomic E-state index is 12.0. The highest BCUT2D eigenvalue weighted by molar-refractivity contribution is 6.07. The lowest BCUT2D eigenvalue weighted by molar-refractivity contribution is -0.119. The Hall–Kier alpha value is -2.63. The van der Waals surface area contributed by atoms with E-state index in [9.17, 15) is 4.79 Å². The van der Waals surface area contributed by atoms with Crippen molar-refractivity contribution in [3.63, 3.8) is 0 Å². The number of nitrogens with one attached hydrogen (secondary N) is 3. The van der Waals surface area contributed by atoms with Crippen LogP contribution in [0.15, 0.2) is 24.5 Å². The minimum absolute atomic E-state index is 0.0367. The largest absolute Gasteiger partial charge is 0.360 e. The Morgan fingerprint density at radius 2 is 1.68 bits per heavy atom. The fourth-order valence-corrected chi connectivity index (χ4v) is 2.93. The molecule has 6 nitrogen and oxygen atoms in total. The molecule has 1 aromatic carbocycles. The Labute approximate surface area is 128 Å². The van der Waals surface area contributed by atoms with Gasteiger partial charge in [0.25, 0.3) is 0 Å². The van der Waals surface area contributed by atoms with Gasteiger partial charge in [-0.1, -0.05) is 0 Å². The monoisotopic (exact) mass is 295 g/mol. The summed E-state index contributed by atoms with van der Waals surface area (Å²) in [5.41, 5.74) is 4.34. The molecule has 112 valence electrons. The molecule has 0 bridgehead atoms. The summed E-state index contributed by atoms with van der Waals surface area (Å²) in [5.74, 6) is 0.789. The van der Waals surface area contributed by atoms with Crippen LogP contribution < -0.4 is 16.0 Å². The van der Waals surface area contributed by atoms with Crippen molar-refractivity contribution in [2.45, 2.75) is 32.4 Å². The molecule has 2 aromatic rings. The first-order valence-electron chi connectivity index (χ1n) is 7.27. The molecule has 2 aliphatic heterocycles. The van der Waals surface area contributed by atoms with Crippen LogP contribution in [0.1, 0.15) is 37.0 Å².